The van der Waals surface area contributed by atoms with Crippen molar-refractivity contribution in [3.8, 4) is 11.5 Å². The number of hydrogen-bond donors (Lipinski definition) is 2. The predicted molar refractivity (Wildman–Crippen MR) is 107 cm³/mol. The molecule has 1 aromatic carbocycles. The highest BCUT2D eigenvalue weighted by atomic mass is 16.5. The summed E-state index contributed by atoms with van der Waals surface area (Å²) in [5, 5.41) is -1.42. The zero-order valence-corrected chi connectivity index (χ0v) is 14.1. The van der Waals surface area contributed by atoms with Gasteiger partial charge in [-0.25, -0.2) is 4.98 Å². The first-order valence-electron chi connectivity index (χ1n) is 17.6. The van der Waals surface area contributed by atoms with E-state index in [2.05, 4.69) is 9.97 Å². The molecule has 1 aliphatic heterocycles. The van der Waals surface area contributed by atoms with Gasteiger partial charge in [-0.15, -0.1) is 0 Å². The molecule has 2 aromatic rings. The minimum atomic E-state index is -4.17. The number of aromatic nitrogens is 2. The Labute approximate surface area is 192 Å². The van der Waals surface area contributed by atoms with Crippen molar-refractivity contribution >= 4 is 28.6 Å². The number of carbonyl (C=O) groups excluding carboxylic acids is 1. The summed E-state index contributed by atoms with van der Waals surface area (Å²) in [4.78, 5) is 19.5. The van der Waals surface area contributed by atoms with Gasteiger partial charge in [0.2, 0.25) is 11.9 Å². The van der Waals surface area contributed by atoms with E-state index in [1.807, 2.05) is 0 Å². The molecule has 3 N–H and O–H groups in total. The third kappa shape index (κ3) is 4.36. The van der Waals surface area contributed by atoms with Crippen molar-refractivity contribution in [2.24, 2.45) is 0 Å². The molecule has 1 fully saturated rings. The number of carbonyl (C=O) groups is 1. The fraction of sp³-hybridized carbons (Fsp3) is 0.526. The van der Waals surface area contributed by atoms with Crippen LogP contribution in [0, 0.1) is 0 Å². The van der Waals surface area contributed by atoms with Gasteiger partial charge in [0.25, 0.3) is 0 Å². The number of hydrogen-bond acceptors (Lipinski definition) is 8. The highest BCUT2D eigenvalue weighted by molar-refractivity contribution is 5.91. The zero-order valence-electron chi connectivity index (χ0n) is 34.1. The van der Waals surface area contributed by atoms with E-state index in [9.17, 15) is 4.79 Å². The van der Waals surface area contributed by atoms with E-state index in [-0.39, 0.29) is 13.0 Å². The number of anilines is 2. The van der Waals surface area contributed by atoms with Crippen LogP contribution < -0.4 is 25.4 Å². The van der Waals surface area contributed by atoms with Crippen molar-refractivity contribution in [1.29, 1.82) is 0 Å². The summed E-state index contributed by atoms with van der Waals surface area (Å²) in [6, 6.07) is -2.41. The second-order valence-electron chi connectivity index (χ2n) is 5.32. The summed E-state index contributed by atoms with van der Waals surface area (Å²) in [5.74, 6) is -6.51. The van der Waals surface area contributed by atoms with E-state index in [4.69, 9.17) is 41.7 Å². The molecule has 1 amide bonds. The van der Waals surface area contributed by atoms with E-state index in [0.717, 1.165) is 0 Å². The van der Waals surface area contributed by atoms with E-state index in [0.29, 0.717) is 6.42 Å². The Morgan fingerprint density at radius 1 is 1.54 bits per heavy atom. The quantitative estimate of drug-likeness (QED) is 0.638. The monoisotopic (exact) mass is 409 g/mol. The van der Waals surface area contributed by atoms with E-state index in [1.54, 1.807) is 0 Å². The van der Waals surface area contributed by atoms with Crippen LogP contribution in [0.25, 0.3) is 10.9 Å². The average Bonchev–Trinajstić information content (AvgIpc) is 3.45. The number of nitrogens with one attached hydrogen (secondary N) is 1. The first kappa shape index (κ1) is 6.62. The Morgan fingerprint density at radius 3 is 3.11 bits per heavy atom. The van der Waals surface area contributed by atoms with E-state index in [1.165, 1.54) is 0 Å². The number of benzene rings is 1. The molecule has 152 valence electrons. The molecule has 1 aromatic heterocycles. The Hall–Kier alpha value is -2.81. The molecule has 1 atom stereocenters. The highest BCUT2D eigenvalue weighted by Crippen LogP contribution is 2.33. The van der Waals surface area contributed by atoms with Gasteiger partial charge in [-0.2, -0.15) is 4.98 Å². The number of nitrogen functional groups attached to an aromatic ring is 1. The number of nitrogens with two attached hydrogens (primary N) is 1. The number of nitrogens with zero attached hydrogens (tertiary/aromatic N) is 3. The number of methoxy groups -OCH3 is 2. The van der Waals surface area contributed by atoms with Crippen LogP contribution in [0.2, 0.25) is 4.24 Å². The van der Waals surface area contributed by atoms with Gasteiger partial charge in [-0.3, -0.25) is 4.79 Å². The molecule has 9 nitrogen and oxygen atoms in total. The third-order valence-electron chi connectivity index (χ3n) is 3.55. The van der Waals surface area contributed by atoms with Crippen LogP contribution in [0.1, 0.15) is 42.5 Å². The molecule has 0 saturated carbocycles. The standard InChI is InChI=1S/C19H27N5O4/c1-24(8-5-7-21-18(25)14-6-4-9-28-14)19-22-13-11-16(27-3)15(26-2)10-12(13)17(20)23-19/h10-11,14H,4-9H2,1-3H3,(H,21,25)(H2,20,22,23)/i1D3,2D3,3D3,5D2,7D2,8D2,10D,11D/hD3. The summed E-state index contributed by atoms with van der Waals surface area (Å²) >= 11 is 0. The van der Waals surface area contributed by atoms with Gasteiger partial charge in [-0.1, -0.05) is 0 Å². The molecule has 1 aliphatic rings. The van der Waals surface area contributed by atoms with Crippen LogP contribution in [0.15, 0.2) is 12.1 Å². The van der Waals surface area contributed by atoms with Crippen molar-refractivity contribution in [3.05, 3.63) is 12.1 Å². The molecule has 1 unspecified atom stereocenters. The zero-order chi connectivity index (χ0) is 37.2. The molecule has 1 saturated heterocycles. The largest absolute Gasteiger partial charge is 0.493 e. The average molecular weight is 410 g/mol. The molecule has 9 heteroatoms. The number of fused-ring (bicyclic) bond motifs is 1. The van der Waals surface area contributed by atoms with Crippen molar-refractivity contribution in [3.63, 3.8) is 0 Å². The number of ether oxygens (including phenoxy) is 3. The lowest BCUT2D eigenvalue weighted by molar-refractivity contribution is -0.130. The summed E-state index contributed by atoms with van der Waals surface area (Å²) < 4.78 is 174. The summed E-state index contributed by atoms with van der Waals surface area (Å²) in [5.41, 5.74) is -1.44. The van der Waals surface area contributed by atoms with Crippen molar-refractivity contribution in [2.45, 2.75) is 25.3 Å². The Kier molecular flexibility index (Phi) is 2.11. The van der Waals surface area contributed by atoms with Crippen LogP contribution in [0.4, 0.5) is 11.8 Å². The van der Waals surface area contributed by atoms with Crippen molar-refractivity contribution in [1.82, 2.24) is 15.3 Å². The first-order chi connectivity index (χ1) is 21.5. The molecule has 0 spiro atoms. The normalized spacial score (nSPS) is 29.4. The van der Waals surface area contributed by atoms with Gasteiger partial charge in [0.05, 0.1) is 30.6 Å². The van der Waals surface area contributed by atoms with Crippen molar-refractivity contribution < 1.29 is 46.5 Å². The minimum Gasteiger partial charge on any atom is -0.493 e. The van der Waals surface area contributed by atoms with Crippen LogP contribution in [-0.2, 0) is 9.53 Å². The Bertz CT molecular complexity index is 1540. The highest BCUT2D eigenvalue weighted by Gasteiger charge is 2.22. The number of amides is 1. The maximum Gasteiger partial charge on any atom is 0.249 e. The Morgan fingerprint density at radius 2 is 2.39 bits per heavy atom. The molecule has 0 bridgehead atoms. The minimum absolute atomic E-state index is 0.0338. The lowest BCUT2D eigenvalue weighted by Gasteiger charge is -2.19. The van der Waals surface area contributed by atoms with Crippen molar-refractivity contribution in [2.75, 3.05) is 51.3 Å². The number of rotatable bonds is 9. The lowest BCUT2D eigenvalue weighted by Crippen LogP contribution is -2.36. The SMILES string of the molecule is [2H]c1c(OC([2H])([2H])[2H])c(OC([2H])([2H])[2H])c([2H])c2c(N([2H])[2H])nc(N(C([2H])([2H])[2H])C([2H])([2H])C([2H])([2H])C([2H])([2H])N([2H])C(=O)C3CCCO3)nc12. The molecule has 0 radical (unpaired) electrons. The van der Waals surface area contributed by atoms with Crippen LogP contribution in [0.3, 0.4) is 0 Å². The first-order valence-corrected chi connectivity index (χ1v) is 7.73. The second kappa shape index (κ2) is 8.92. The molecule has 0 aliphatic carbocycles. The second-order valence-corrected chi connectivity index (χ2v) is 5.32. The smallest absolute Gasteiger partial charge is 0.249 e. The maximum absolute atomic E-state index is 12.7. The topological polar surface area (TPSA) is 112 Å². The summed E-state index contributed by atoms with van der Waals surface area (Å²) in [6.45, 7) is -11.9. The van der Waals surface area contributed by atoms with Crippen LogP contribution in [-0.4, -0.2) is 62.6 Å². The van der Waals surface area contributed by atoms with E-state index >= 15 is 0 Å². The molecule has 2 heterocycles. The van der Waals surface area contributed by atoms with E-state index < -0.39 is 115 Å². The molecule has 3 rings (SSSR count). The van der Waals surface area contributed by atoms with Gasteiger partial charge in [0.1, 0.15) is 11.9 Å². The van der Waals surface area contributed by atoms with Gasteiger partial charge in [0, 0.05) is 50.3 Å². The fourth-order valence-electron chi connectivity index (χ4n) is 2.28. The van der Waals surface area contributed by atoms with Gasteiger partial charge < -0.3 is 30.1 Å². The third-order valence-corrected chi connectivity index (χ3v) is 3.55. The molecule has 28 heavy (non-hydrogen) atoms. The summed E-state index contributed by atoms with van der Waals surface area (Å²) in [7, 11) is -6.81. The Balaban J connectivity index is 2.38. The fourth-order valence-corrected chi connectivity index (χ4v) is 2.28. The molecular weight excluding hydrogens is 362 g/mol. The van der Waals surface area contributed by atoms with Gasteiger partial charge in [-0.05, 0) is 25.3 Å². The molecular formula is C19H27N5O4. The maximum atomic E-state index is 12.7. The summed E-state index contributed by atoms with van der Waals surface area (Å²) in [6.07, 6.45) is -5.16. The van der Waals surface area contributed by atoms with Gasteiger partial charge >= 0.3 is 0 Å². The predicted octanol–water partition coefficient (Wildman–Crippen LogP) is 1.35. The van der Waals surface area contributed by atoms with Crippen LogP contribution in [0.5, 0.6) is 11.5 Å². The van der Waals surface area contributed by atoms with Gasteiger partial charge in [0.15, 0.2) is 15.7 Å². The van der Waals surface area contributed by atoms with Crippen LogP contribution >= 0.6 is 0 Å². The lowest BCUT2D eigenvalue weighted by atomic mass is 10.2.